The first kappa shape index (κ1) is 10.7. The number of rotatable bonds is 2. The van der Waals surface area contributed by atoms with Crippen molar-refractivity contribution in [2.24, 2.45) is 4.99 Å². The second-order valence-electron chi connectivity index (χ2n) is 3.89. The second kappa shape index (κ2) is 4.41. The first-order valence-electron chi connectivity index (χ1n) is 5.56. The minimum absolute atomic E-state index is 0.254. The Hall–Kier alpha value is -2.49. The molecule has 0 unspecified atom stereocenters. The first-order chi connectivity index (χ1) is 8.81. The highest BCUT2D eigenvalue weighted by Gasteiger charge is 1.98. The molecule has 0 saturated heterocycles. The Labute approximate surface area is 103 Å². The number of hydrogen-bond donors (Lipinski definition) is 1. The van der Waals surface area contributed by atoms with Crippen LogP contribution in [-0.4, -0.2) is 16.2 Å². The van der Waals surface area contributed by atoms with Crippen LogP contribution in [0.15, 0.2) is 53.5 Å². The molecule has 1 heterocycles. The molecular formula is C14H10FN3. The number of aromatic nitrogens is 2. The van der Waals surface area contributed by atoms with Gasteiger partial charge in [-0.2, -0.15) is 0 Å². The molecule has 0 bridgehead atoms. The predicted octanol–water partition coefficient (Wildman–Crippen LogP) is 3.45. The summed E-state index contributed by atoms with van der Waals surface area (Å²) in [7, 11) is 0. The summed E-state index contributed by atoms with van der Waals surface area (Å²) in [6.45, 7) is 0. The molecule has 2 aromatic carbocycles. The van der Waals surface area contributed by atoms with Gasteiger partial charge in [0, 0.05) is 6.21 Å². The van der Waals surface area contributed by atoms with Crippen LogP contribution in [0.25, 0.3) is 11.0 Å². The van der Waals surface area contributed by atoms with Crippen LogP contribution in [-0.2, 0) is 0 Å². The normalized spacial score (nSPS) is 11.4. The molecule has 0 aliphatic rings. The van der Waals surface area contributed by atoms with Crippen molar-refractivity contribution in [1.29, 1.82) is 0 Å². The molecule has 0 atom stereocenters. The molecule has 0 saturated carbocycles. The van der Waals surface area contributed by atoms with Gasteiger partial charge >= 0.3 is 0 Å². The van der Waals surface area contributed by atoms with Gasteiger partial charge in [0.15, 0.2) is 0 Å². The monoisotopic (exact) mass is 239 g/mol. The Balaban J connectivity index is 1.89. The Bertz CT molecular complexity index is 665. The third-order valence-corrected chi connectivity index (χ3v) is 2.58. The van der Waals surface area contributed by atoms with Crippen LogP contribution in [0.1, 0.15) is 5.56 Å². The summed E-state index contributed by atoms with van der Waals surface area (Å²) in [4.78, 5) is 11.6. The Morgan fingerprint density at radius 2 is 1.83 bits per heavy atom. The van der Waals surface area contributed by atoms with Crippen LogP contribution < -0.4 is 0 Å². The van der Waals surface area contributed by atoms with Gasteiger partial charge in [-0.15, -0.1) is 0 Å². The average molecular weight is 239 g/mol. The van der Waals surface area contributed by atoms with Gasteiger partial charge in [-0.3, -0.25) is 0 Å². The molecule has 3 nitrogen and oxygen atoms in total. The zero-order valence-electron chi connectivity index (χ0n) is 9.47. The Kier molecular flexibility index (Phi) is 2.61. The summed E-state index contributed by atoms with van der Waals surface area (Å²) >= 11 is 0. The summed E-state index contributed by atoms with van der Waals surface area (Å²) in [6.07, 6.45) is 1.65. The number of nitrogens with zero attached hydrogens (tertiary/aromatic N) is 2. The summed E-state index contributed by atoms with van der Waals surface area (Å²) in [5.41, 5.74) is 2.66. The van der Waals surface area contributed by atoms with Gasteiger partial charge in [-0.25, -0.2) is 14.4 Å². The SMILES string of the molecule is Fc1ccc(C=Nc2nc3ccccc3[nH]2)cc1. The fraction of sp³-hybridized carbons (Fsp3) is 0. The maximum atomic E-state index is 12.7. The van der Waals surface area contributed by atoms with E-state index in [0.717, 1.165) is 16.6 Å². The standard InChI is InChI=1S/C14H10FN3/c15-11-7-5-10(6-8-11)9-16-14-17-12-3-1-2-4-13(12)18-14/h1-9H,(H,17,18). The van der Waals surface area contributed by atoms with E-state index in [4.69, 9.17) is 0 Å². The van der Waals surface area contributed by atoms with Gasteiger partial charge < -0.3 is 4.98 Å². The summed E-state index contributed by atoms with van der Waals surface area (Å²) in [6, 6.07) is 13.9. The molecule has 3 rings (SSSR count). The number of nitrogens with one attached hydrogen (secondary N) is 1. The van der Waals surface area contributed by atoms with E-state index in [0.29, 0.717) is 5.95 Å². The van der Waals surface area contributed by atoms with E-state index in [1.165, 1.54) is 12.1 Å². The predicted molar refractivity (Wildman–Crippen MR) is 69.7 cm³/mol. The summed E-state index contributed by atoms with van der Waals surface area (Å²) < 4.78 is 12.7. The number of para-hydroxylation sites is 2. The number of aromatic amines is 1. The number of imidazole rings is 1. The maximum Gasteiger partial charge on any atom is 0.227 e. The topological polar surface area (TPSA) is 41.0 Å². The van der Waals surface area contributed by atoms with Crippen molar-refractivity contribution in [2.75, 3.05) is 0 Å². The van der Waals surface area contributed by atoms with Gasteiger partial charge in [0.1, 0.15) is 5.82 Å². The fourth-order valence-electron chi connectivity index (χ4n) is 1.68. The average Bonchev–Trinajstić information content (AvgIpc) is 2.81. The molecular weight excluding hydrogens is 229 g/mol. The van der Waals surface area contributed by atoms with Crippen LogP contribution in [0, 0.1) is 5.82 Å². The van der Waals surface area contributed by atoms with Gasteiger partial charge in [0.25, 0.3) is 0 Å². The Morgan fingerprint density at radius 1 is 1.06 bits per heavy atom. The van der Waals surface area contributed by atoms with Gasteiger partial charge in [-0.1, -0.05) is 24.3 Å². The first-order valence-corrected chi connectivity index (χ1v) is 5.56. The van der Waals surface area contributed by atoms with Crippen LogP contribution in [0.2, 0.25) is 0 Å². The largest absolute Gasteiger partial charge is 0.322 e. The van der Waals surface area contributed by atoms with Crippen LogP contribution >= 0.6 is 0 Å². The molecule has 0 aliphatic heterocycles. The lowest BCUT2D eigenvalue weighted by molar-refractivity contribution is 0.628. The molecule has 4 heteroatoms. The highest BCUT2D eigenvalue weighted by Crippen LogP contribution is 2.15. The molecule has 3 aromatic rings. The van der Waals surface area contributed by atoms with Crippen molar-refractivity contribution in [3.63, 3.8) is 0 Å². The molecule has 0 amide bonds. The number of halogens is 1. The van der Waals surface area contributed by atoms with Crippen molar-refractivity contribution in [3.8, 4) is 0 Å². The van der Waals surface area contributed by atoms with E-state index in [2.05, 4.69) is 15.0 Å². The number of H-pyrrole nitrogens is 1. The minimum atomic E-state index is -0.254. The van der Waals surface area contributed by atoms with Crippen LogP contribution in [0.4, 0.5) is 10.3 Å². The van der Waals surface area contributed by atoms with Gasteiger partial charge in [-0.05, 0) is 29.8 Å². The molecule has 1 aromatic heterocycles. The quantitative estimate of drug-likeness (QED) is 0.683. The fourth-order valence-corrected chi connectivity index (χ4v) is 1.68. The number of hydrogen-bond acceptors (Lipinski definition) is 2. The van der Waals surface area contributed by atoms with E-state index < -0.39 is 0 Å². The zero-order valence-corrected chi connectivity index (χ0v) is 9.47. The number of aliphatic imine (C=N–C) groups is 1. The van der Waals surface area contributed by atoms with E-state index >= 15 is 0 Å². The molecule has 0 fully saturated rings. The minimum Gasteiger partial charge on any atom is -0.322 e. The lowest BCUT2D eigenvalue weighted by Gasteiger charge is -1.91. The third-order valence-electron chi connectivity index (χ3n) is 2.58. The van der Waals surface area contributed by atoms with E-state index in [-0.39, 0.29) is 5.82 Å². The lowest BCUT2D eigenvalue weighted by Crippen LogP contribution is -1.81. The highest BCUT2D eigenvalue weighted by atomic mass is 19.1. The molecule has 88 valence electrons. The lowest BCUT2D eigenvalue weighted by atomic mass is 10.2. The van der Waals surface area contributed by atoms with Crippen molar-refractivity contribution >= 4 is 23.2 Å². The smallest absolute Gasteiger partial charge is 0.227 e. The molecule has 0 spiro atoms. The van der Waals surface area contributed by atoms with E-state index in [1.54, 1.807) is 18.3 Å². The highest BCUT2D eigenvalue weighted by molar-refractivity contribution is 5.83. The van der Waals surface area contributed by atoms with Gasteiger partial charge in [0.2, 0.25) is 5.95 Å². The summed E-state index contributed by atoms with van der Waals surface area (Å²) in [5, 5.41) is 0. The molecule has 0 radical (unpaired) electrons. The Morgan fingerprint density at radius 3 is 2.61 bits per heavy atom. The van der Waals surface area contributed by atoms with E-state index in [1.807, 2.05) is 24.3 Å². The molecule has 1 N–H and O–H groups in total. The summed E-state index contributed by atoms with van der Waals surface area (Å²) in [5.74, 6) is 0.288. The number of fused-ring (bicyclic) bond motifs is 1. The van der Waals surface area contributed by atoms with Crippen LogP contribution in [0.5, 0.6) is 0 Å². The molecule has 0 aliphatic carbocycles. The van der Waals surface area contributed by atoms with Crippen LogP contribution in [0.3, 0.4) is 0 Å². The van der Waals surface area contributed by atoms with Crippen molar-refractivity contribution in [1.82, 2.24) is 9.97 Å². The molecule has 18 heavy (non-hydrogen) atoms. The van der Waals surface area contributed by atoms with Gasteiger partial charge in [0.05, 0.1) is 11.0 Å². The maximum absolute atomic E-state index is 12.7. The van der Waals surface area contributed by atoms with E-state index in [9.17, 15) is 4.39 Å². The second-order valence-corrected chi connectivity index (χ2v) is 3.89. The van der Waals surface area contributed by atoms with Crippen molar-refractivity contribution in [3.05, 3.63) is 59.9 Å². The third kappa shape index (κ3) is 2.13. The zero-order chi connectivity index (χ0) is 12.4. The number of benzene rings is 2. The van der Waals surface area contributed by atoms with Crippen molar-refractivity contribution in [2.45, 2.75) is 0 Å². The van der Waals surface area contributed by atoms with Crippen molar-refractivity contribution < 1.29 is 4.39 Å².